The fraction of sp³-hybridized carbons (Fsp3) is 0.0455. The Morgan fingerprint density at radius 1 is 1.07 bits per heavy atom. The zero-order valence-electron chi connectivity index (χ0n) is 15.3. The lowest BCUT2D eigenvalue weighted by molar-refractivity contribution is -0.123. The van der Waals surface area contributed by atoms with Crippen molar-refractivity contribution < 1.29 is 14.0 Å². The molecule has 1 fully saturated rings. The van der Waals surface area contributed by atoms with Crippen LogP contribution >= 0.6 is 35.0 Å². The molecule has 2 heterocycles. The summed E-state index contributed by atoms with van der Waals surface area (Å²) in [4.78, 5) is 26.5. The van der Waals surface area contributed by atoms with Gasteiger partial charge in [-0.1, -0.05) is 47.5 Å². The molecular weight excluding hydrogens is 443 g/mol. The summed E-state index contributed by atoms with van der Waals surface area (Å²) >= 11 is 13.1. The second-order valence-electron chi connectivity index (χ2n) is 6.34. The van der Waals surface area contributed by atoms with Crippen LogP contribution in [0.2, 0.25) is 10.0 Å². The van der Waals surface area contributed by atoms with Crippen molar-refractivity contribution in [3.05, 3.63) is 86.4 Å². The molecule has 0 spiro atoms. The lowest BCUT2D eigenvalue weighted by Gasteiger charge is -2.13. The smallest absolute Gasteiger partial charge is 0.293 e. The monoisotopic (exact) mass is 454 g/mol. The number of carbonyl (C=O) groups excluding carboxylic acids is 2. The molecule has 148 valence electrons. The number of hydrogen-bond donors (Lipinski definition) is 0. The Morgan fingerprint density at radius 2 is 1.87 bits per heavy atom. The van der Waals surface area contributed by atoms with Crippen LogP contribution in [0.15, 0.2) is 63.9 Å². The van der Waals surface area contributed by atoms with Crippen molar-refractivity contribution in [1.82, 2.24) is 4.90 Å². The lowest BCUT2D eigenvalue weighted by Crippen LogP contribution is -2.27. The van der Waals surface area contributed by atoms with Crippen LogP contribution in [-0.2, 0) is 11.3 Å². The highest BCUT2D eigenvalue weighted by molar-refractivity contribution is 8.18. The van der Waals surface area contributed by atoms with Gasteiger partial charge in [-0.25, -0.2) is 0 Å². The first-order chi connectivity index (χ1) is 14.5. The molecule has 0 bridgehead atoms. The number of benzene rings is 2. The van der Waals surface area contributed by atoms with Gasteiger partial charge >= 0.3 is 0 Å². The van der Waals surface area contributed by atoms with Crippen molar-refractivity contribution in [1.29, 1.82) is 5.26 Å². The Morgan fingerprint density at radius 3 is 2.67 bits per heavy atom. The number of thioether (sulfide) groups is 1. The van der Waals surface area contributed by atoms with Crippen molar-refractivity contribution in [3.63, 3.8) is 0 Å². The van der Waals surface area contributed by atoms with E-state index in [-0.39, 0.29) is 11.4 Å². The van der Waals surface area contributed by atoms with Crippen LogP contribution in [0.3, 0.4) is 0 Å². The van der Waals surface area contributed by atoms with E-state index >= 15 is 0 Å². The minimum absolute atomic E-state index is 0.0350. The predicted molar refractivity (Wildman–Crippen MR) is 117 cm³/mol. The second kappa shape index (κ2) is 8.41. The first-order valence-corrected chi connectivity index (χ1v) is 10.3. The Kier molecular flexibility index (Phi) is 5.69. The highest BCUT2D eigenvalue weighted by Gasteiger charge is 2.35. The topological polar surface area (TPSA) is 74.3 Å². The van der Waals surface area contributed by atoms with E-state index in [9.17, 15) is 14.9 Å². The highest BCUT2D eigenvalue weighted by Crippen LogP contribution is 2.37. The quantitative estimate of drug-likeness (QED) is 0.428. The third-order valence-electron chi connectivity index (χ3n) is 4.46. The zero-order chi connectivity index (χ0) is 21.3. The lowest BCUT2D eigenvalue weighted by atomic mass is 10.1. The number of nitriles is 1. The maximum atomic E-state index is 12.8. The van der Waals surface area contributed by atoms with E-state index in [1.165, 1.54) is 6.08 Å². The van der Waals surface area contributed by atoms with Gasteiger partial charge in [-0.3, -0.25) is 14.5 Å². The number of rotatable bonds is 4. The number of nitrogens with zero attached hydrogens (tertiary/aromatic N) is 2. The largest absolute Gasteiger partial charge is 0.457 e. The molecule has 2 aromatic carbocycles. The van der Waals surface area contributed by atoms with E-state index in [4.69, 9.17) is 27.6 Å². The maximum absolute atomic E-state index is 12.8. The van der Waals surface area contributed by atoms with Crippen LogP contribution in [0, 0.1) is 11.3 Å². The van der Waals surface area contributed by atoms with E-state index in [0.29, 0.717) is 38.3 Å². The van der Waals surface area contributed by atoms with Gasteiger partial charge in [0.05, 0.1) is 33.1 Å². The van der Waals surface area contributed by atoms with Gasteiger partial charge in [0.2, 0.25) is 0 Å². The molecular formula is C22H12Cl2N2O3S. The minimum atomic E-state index is -0.434. The van der Waals surface area contributed by atoms with E-state index in [2.05, 4.69) is 6.07 Å². The number of amides is 2. The molecule has 30 heavy (non-hydrogen) atoms. The number of furan rings is 1. The maximum Gasteiger partial charge on any atom is 0.293 e. The third kappa shape index (κ3) is 3.88. The van der Waals surface area contributed by atoms with E-state index in [0.717, 1.165) is 16.7 Å². The summed E-state index contributed by atoms with van der Waals surface area (Å²) in [6, 6.07) is 17.6. The summed E-state index contributed by atoms with van der Waals surface area (Å²) in [5, 5.41) is 9.60. The fourth-order valence-corrected chi connectivity index (χ4v) is 4.18. The van der Waals surface area contributed by atoms with Crippen molar-refractivity contribution in [3.8, 4) is 17.4 Å². The number of carbonyl (C=O) groups is 2. The molecule has 5 nitrogen and oxygen atoms in total. The van der Waals surface area contributed by atoms with E-state index < -0.39 is 11.1 Å². The van der Waals surface area contributed by atoms with Gasteiger partial charge in [-0.2, -0.15) is 5.26 Å². The van der Waals surface area contributed by atoms with Gasteiger partial charge in [-0.15, -0.1) is 0 Å². The Balaban J connectivity index is 1.58. The molecule has 1 aliphatic heterocycles. The highest BCUT2D eigenvalue weighted by atomic mass is 35.5. The first-order valence-electron chi connectivity index (χ1n) is 8.75. The molecule has 2 amide bonds. The minimum Gasteiger partial charge on any atom is -0.457 e. The van der Waals surface area contributed by atoms with Crippen LogP contribution in [0.5, 0.6) is 0 Å². The summed E-state index contributed by atoms with van der Waals surface area (Å²) in [5.74, 6) is 0.469. The number of hydrogen-bond acceptors (Lipinski definition) is 5. The molecule has 1 aromatic heterocycles. The first kappa shape index (κ1) is 20.3. The molecule has 0 atom stereocenters. The van der Waals surface area contributed by atoms with Crippen molar-refractivity contribution in [2.75, 3.05) is 0 Å². The fourth-order valence-electron chi connectivity index (χ4n) is 2.97. The van der Waals surface area contributed by atoms with Crippen molar-refractivity contribution in [2.45, 2.75) is 6.54 Å². The molecule has 0 radical (unpaired) electrons. The molecule has 0 aliphatic carbocycles. The normalized spacial score (nSPS) is 15.1. The molecule has 3 aromatic rings. The van der Waals surface area contributed by atoms with Crippen LogP contribution in [-0.4, -0.2) is 16.0 Å². The molecule has 1 saturated heterocycles. The summed E-state index contributed by atoms with van der Waals surface area (Å²) < 4.78 is 5.78. The van der Waals surface area contributed by atoms with E-state index in [1.54, 1.807) is 54.6 Å². The summed E-state index contributed by atoms with van der Waals surface area (Å²) in [6.45, 7) is 0.0350. The van der Waals surface area contributed by atoms with Gasteiger partial charge in [-0.05, 0) is 47.7 Å². The summed E-state index contributed by atoms with van der Waals surface area (Å²) in [7, 11) is 0. The van der Waals surface area contributed by atoms with Crippen LogP contribution in [0.1, 0.15) is 16.9 Å². The summed E-state index contributed by atoms with van der Waals surface area (Å²) in [6.07, 6.45) is 1.52. The molecule has 4 rings (SSSR count). The molecule has 8 heteroatoms. The second-order valence-corrected chi connectivity index (χ2v) is 8.12. The van der Waals surface area contributed by atoms with Gasteiger partial charge in [0.1, 0.15) is 11.5 Å². The van der Waals surface area contributed by atoms with Gasteiger partial charge < -0.3 is 4.42 Å². The predicted octanol–water partition coefficient (Wildman–Crippen LogP) is 6.36. The van der Waals surface area contributed by atoms with Gasteiger partial charge in [0.25, 0.3) is 11.1 Å². The van der Waals surface area contributed by atoms with Crippen LogP contribution < -0.4 is 0 Å². The number of imide groups is 1. The molecule has 0 saturated carbocycles. The summed E-state index contributed by atoms with van der Waals surface area (Å²) in [5.41, 5.74) is 1.67. The average molecular weight is 455 g/mol. The zero-order valence-corrected chi connectivity index (χ0v) is 17.6. The standard InChI is InChI=1S/C22H12Cl2N2O3S/c23-17-7-3-6-16(20(17)24)18-9-8-15(29-18)10-19-21(27)26(22(28)30-19)12-14-5-2-1-4-13(14)11-25/h1-10H,12H2/b19-10+. The van der Waals surface area contributed by atoms with Crippen LogP contribution in [0.4, 0.5) is 4.79 Å². The molecule has 1 aliphatic rings. The molecule has 0 unspecified atom stereocenters. The van der Waals surface area contributed by atoms with Gasteiger partial charge in [0, 0.05) is 11.6 Å². The third-order valence-corrected chi connectivity index (χ3v) is 6.18. The van der Waals surface area contributed by atoms with Crippen molar-refractivity contribution in [2.24, 2.45) is 0 Å². The molecule has 0 N–H and O–H groups in total. The van der Waals surface area contributed by atoms with Crippen molar-refractivity contribution >= 4 is 52.2 Å². The Labute approximate surface area is 186 Å². The van der Waals surface area contributed by atoms with E-state index in [1.807, 2.05) is 0 Å². The average Bonchev–Trinajstić information content (AvgIpc) is 3.30. The SMILES string of the molecule is N#Cc1ccccc1CN1C(=O)S/C(=C/c2ccc(-c3cccc(Cl)c3Cl)o2)C1=O. The van der Waals surface area contributed by atoms with Crippen LogP contribution in [0.25, 0.3) is 17.4 Å². The Bertz CT molecular complexity index is 1240. The Hall–Kier alpha value is -2.98. The van der Waals surface area contributed by atoms with Gasteiger partial charge in [0.15, 0.2) is 0 Å². The number of halogens is 2.